The highest BCUT2D eigenvalue weighted by Crippen LogP contribution is 2.18. The van der Waals surface area contributed by atoms with Gasteiger partial charge in [-0.15, -0.1) is 0 Å². The van der Waals surface area contributed by atoms with Gasteiger partial charge in [0.05, 0.1) is 6.10 Å². The van der Waals surface area contributed by atoms with E-state index in [-0.39, 0.29) is 12.0 Å². The molecule has 4 heteroatoms. The van der Waals surface area contributed by atoms with Crippen LogP contribution >= 0.6 is 0 Å². The quantitative estimate of drug-likeness (QED) is 0.676. The van der Waals surface area contributed by atoms with Crippen molar-refractivity contribution in [3.63, 3.8) is 0 Å². The van der Waals surface area contributed by atoms with Crippen LogP contribution in [-0.4, -0.2) is 47.7 Å². The van der Waals surface area contributed by atoms with E-state index in [9.17, 15) is 9.90 Å². The number of piperidine rings is 1. The highest BCUT2D eigenvalue weighted by Gasteiger charge is 2.28. The molecule has 0 aromatic heterocycles. The Morgan fingerprint density at radius 2 is 2.33 bits per heavy atom. The average Bonchev–Trinajstić information content (AvgIpc) is 2.58. The second kappa shape index (κ2) is 4.49. The zero-order valence-corrected chi connectivity index (χ0v) is 9.28. The number of hydrogen-bond acceptors (Lipinski definition) is 3. The smallest absolute Gasteiger partial charge is 0.220 e. The molecule has 2 aliphatic heterocycles. The first kappa shape index (κ1) is 10.9. The molecule has 1 amide bonds. The number of carbonyl (C=O) groups is 1. The molecule has 2 saturated heterocycles. The fourth-order valence-corrected chi connectivity index (χ4v) is 2.41. The van der Waals surface area contributed by atoms with Crippen molar-refractivity contribution in [1.29, 1.82) is 0 Å². The molecular weight excluding hydrogens is 192 g/mol. The van der Waals surface area contributed by atoms with Crippen molar-refractivity contribution in [1.82, 2.24) is 10.2 Å². The Kier molecular flexibility index (Phi) is 3.26. The molecule has 4 nitrogen and oxygen atoms in total. The van der Waals surface area contributed by atoms with Gasteiger partial charge in [-0.25, -0.2) is 0 Å². The lowest BCUT2D eigenvalue weighted by atomic mass is 9.96. The monoisotopic (exact) mass is 212 g/mol. The summed E-state index contributed by atoms with van der Waals surface area (Å²) in [7, 11) is 0. The predicted molar refractivity (Wildman–Crippen MR) is 57.4 cm³/mol. The molecule has 3 atom stereocenters. The third-order valence-corrected chi connectivity index (χ3v) is 3.57. The Hall–Kier alpha value is -0.610. The highest BCUT2D eigenvalue weighted by molar-refractivity contribution is 5.78. The van der Waals surface area contributed by atoms with Gasteiger partial charge in [0.15, 0.2) is 0 Å². The standard InChI is InChI=1S/C11H20N2O2/c1-8-4-5-13(7-10(8)14)6-9-2-3-11(15)12-9/h8-10,14H,2-7H2,1H3,(H,12,15). The summed E-state index contributed by atoms with van der Waals surface area (Å²) in [6.45, 7) is 4.80. The van der Waals surface area contributed by atoms with Crippen LogP contribution in [0.1, 0.15) is 26.2 Å². The van der Waals surface area contributed by atoms with Crippen molar-refractivity contribution in [2.75, 3.05) is 19.6 Å². The summed E-state index contributed by atoms with van der Waals surface area (Å²) in [6, 6.07) is 0.304. The summed E-state index contributed by atoms with van der Waals surface area (Å²) in [6.07, 6.45) is 2.47. The van der Waals surface area contributed by atoms with Crippen molar-refractivity contribution < 1.29 is 9.90 Å². The van der Waals surface area contributed by atoms with Gasteiger partial charge in [0.1, 0.15) is 0 Å². The minimum atomic E-state index is -0.198. The first-order chi connectivity index (χ1) is 7.15. The first-order valence-electron chi connectivity index (χ1n) is 5.85. The summed E-state index contributed by atoms with van der Waals surface area (Å²) in [4.78, 5) is 13.3. The maximum absolute atomic E-state index is 11.0. The molecule has 0 bridgehead atoms. The minimum absolute atomic E-state index is 0.172. The molecule has 0 aliphatic carbocycles. The van der Waals surface area contributed by atoms with E-state index in [0.717, 1.165) is 32.5 Å². The molecule has 0 radical (unpaired) electrons. The predicted octanol–water partition coefficient (Wildman–Crippen LogP) is -0.0323. The summed E-state index contributed by atoms with van der Waals surface area (Å²) in [5, 5.41) is 12.7. The number of hydrogen-bond donors (Lipinski definition) is 2. The molecule has 2 rings (SSSR count). The van der Waals surface area contributed by atoms with E-state index in [0.29, 0.717) is 18.4 Å². The van der Waals surface area contributed by atoms with Crippen molar-refractivity contribution in [3.05, 3.63) is 0 Å². The number of amides is 1. The van der Waals surface area contributed by atoms with Crippen LogP contribution in [0.3, 0.4) is 0 Å². The number of aliphatic hydroxyl groups excluding tert-OH is 1. The molecular formula is C11H20N2O2. The van der Waals surface area contributed by atoms with E-state index in [2.05, 4.69) is 17.1 Å². The highest BCUT2D eigenvalue weighted by atomic mass is 16.3. The number of carbonyl (C=O) groups excluding carboxylic acids is 1. The van der Waals surface area contributed by atoms with Gasteiger partial charge < -0.3 is 10.4 Å². The van der Waals surface area contributed by atoms with E-state index < -0.39 is 0 Å². The maximum atomic E-state index is 11.0. The number of nitrogens with zero attached hydrogens (tertiary/aromatic N) is 1. The van der Waals surface area contributed by atoms with Crippen LogP contribution in [0.15, 0.2) is 0 Å². The zero-order valence-electron chi connectivity index (χ0n) is 9.28. The van der Waals surface area contributed by atoms with Gasteiger partial charge in [-0.2, -0.15) is 0 Å². The molecule has 2 fully saturated rings. The van der Waals surface area contributed by atoms with Crippen molar-refractivity contribution in [3.8, 4) is 0 Å². The second-order valence-electron chi connectivity index (χ2n) is 4.90. The number of aliphatic hydroxyl groups is 1. The van der Waals surface area contributed by atoms with Gasteiger partial charge in [-0.05, 0) is 25.3 Å². The zero-order chi connectivity index (χ0) is 10.8. The van der Waals surface area contributed by atoms with Crippen LogP contribution < -0.4 is 5.32 Å². The van der Waals surface area contributed by atoms with Gasteiger partial charge in [0.25, 0.3) is 0 Å². The van der Waals surface area contributed by atoms with Gasteiger partial charge in [-0.1, -0.05) is 6.92 Å². The van der Waals surface area contributed by atoms with Gasteiger partial charge in [0.2, 0.25) is 5.91 Å². The molecule has 2 heterocycles. The van der Waals surface area contributed by atoms with E-state index in [1.165, 1.54) is 0 Å². The molecule has 0 saturated carbocycles. The van der Waals surface area contributed by atoms with Crippen LogP contribution in [0.25, 0.3) is 0 Å². The summed E-state index contributed by atoms with van der Waals surface area (Å²) < 4.78 is 0. The van der Waals surface area contributed by atoms with E-state index in [1.807, 2.05) is 0 Å². The Labute approximate surface area is 90.6 Å². The van der Waals surface area contributed by atoms with Gasteiger partial charge in [0, 0.05) is 25.6 Å². The molecule has 0 aromatic carbocycles. The van der Waals surface area contributed by atoms with Gasteiger partial charge in [-0.3, -0.25) is 9.69 Å². The third-order valence-electron chi connectivity index (χ3n) is 3.57. The number of rotatable bonds is 2. The van der Waals surface area contributed by atoms with Crippen molar-refractivity contribution in [2.24, 2.45) is 5.92 Å². The van der Waals surface area contributed by atoms with E-state index in [1.54, 1.807) is 0 Å². The van der Waals surface area contributed by atoms with Gasteiger partial charge >= 0.3 is 0 Å². The van der Waals surface area contributed by atoms with E-state index >= 15 is 0 Å². The normalized spacial score (nSPS) is 38.0. The molecule has 2 N–H and O–H groups in total. The summed E-state index contributed by atoms with van der Waals surface area (Å²) in [5.74, 6) is 0.588. The Morgan fingerprint density at radius 1 is 1.53 bits per heavy atom. The molecule has 3 unspecified atom stereocenters. The minimum Gasteiger partial charge on any atom is -0.392 e. The first-order valence-corrected chi connectivity index (χ1v) is 5.85. The van der Waals surface area contributed by atoms with Crippen LogP contribution in [0, 0.1) is 5.92 Å². The summed E-state index contributed by atoms with van der Waals surface area (Å²) >= 11 is 0. The Bertz CT molecular complexity index is 245. The second-order valence-corrected chi connectivity index (χ2v) is 4.90. The third kappa shape index (κ3) is 2.69. The van der Waals surface area contributed by atoms with Crippen LogP contribution in [0.4, 0.5) is 0 Å². The maximum Gasteiger partial charge on any atom is 0.220 e. The van der Waals surface area contributed by atoms with Crippen LogP contribution in [-0.2, 0) is 4.79 Å². The summed E-state index contributed by atoms with van der Waals surface area (Å²) in [5.41, 5.74) is 0. The number of nitrogens with one attached hydrogen (secondary N) is 1. The lowest BCUT2D eigenvalue weighted by Crippen LogP contribution is -2.47. The Balaban J connectivity index is 1.78. The van der Waals surface area contributed by atoms with E-state index in [4.69, 9.17) is 0 Å². The Morgan fingerprint density at radius 3 is 2.93 bits per heavy atom. The van der Waals surface area contributed by atoms with Crippen LogP contribution in [0.5, 0.6) is 0 Å². The molecule has 0 aromatic rings. The van der Waals surface area contributed by atoms with Crippen molar-refractivity contribution in [2.45, 2.75) is 38.3 Å². The fraction of sp³-hybridized carbons (Fsp3) is 0.909. The lowest BCUT2D eigenvalue weighted by Gasteiger charge is -2.35. The number of likely N-dealkylation sites (tertiary alicyclic amines) is 1. The largest absolute Gasteiger partial charge is 0.392 e. The fourth-order valence-electron chi connectivity index (χ4n) is 2.41. The molecule has 0 spiro atoms. The lowest BCUT2D eigenvalue weighted by molar-refractivity contribution is -0.119. The van der Waals surface area contributed by atoms with Crippen LogP contribution in [0.2, 0.25) is 0 Å². The molecule has 86 valence electrons. The number of β-amino-alcohol motifs (C(OH)–C–C–N with tert-alkyl or cyclic N) is 1. The SMILES string of the molecule is CC1CCN(CC2CCC(=O)N2)CC1O. The molecule has 15 heavy (non-hydrogen) atoms. The van der Waals surface area contributed by atoms with Crippen molar-refractivity contribution >= 4 is 5.91 Å². The molecule has 2 aliphatic rings. The topological polar surface area (TPSA) is 52.6 Å². The average molecular weight is 212 g/mol.